The molecule has 0 aromatic heterocycles. The maximum atomic E-state index is 13.7. The third-order valence-corrected chi connectivity index (χ3v) is 9.86. The molecule has 2 aromatic rings. The number of fused-ring (bicyclic) bond motifs is 1. The number of rotatable bonds is 17. The minimum Gasteiger partial charge on any atom is -0.496 e. The van der Waals surface area contributed by atoms with E-state index in [9.17, 15) is 4.79 Å². The second-order valence-electron chi connectivity index (χ2n) is 13.9. The maximum absolute atomic E-state index is 13.7. The number of Topliss-reactive ketones (excluding diaryl/α,β-unsaturated/α-hetero) is 1. The van der Waals surface area contributed by atoms with E-state index in [4.69, 9.17) is 21.6 Å². The van der Waals surface area contributed by atoms with Crippen molar-refractivity contribution in [3.05, 3.63) is 119 Å². The van der Waals surface area contributed by atoms with Crippen LogP contribution < -0.4 is 22.1 Å². The van der Waals surface area contributed by atoms with Crippen LogP contribution in [0.15, 0.2) is 108 Å². The lowest BCUT2D eigenvalue weighted by Gasteiger charge is -2.41. The number of likely N-dealkylation sites (tertiary alicyclic amines) is 1. The van der Waals surface area contributed by atoms with Crippen molar-refractivity contribution < 1.29 is 9.53 Å². The summed E-state index contributed by atoms with van der Waals surface area (Å²) in [4.78, 5) is 15.6. The van der Waals surface area contributed by atoms with E-state index >= 15 is 0 Å². The number of carbonyl (C=O) groups excluding carboxylic acids is 1. The molecule has 8 nitrogen and oxygen atoms in total. The predicted molar refractivity (Wildman–Crippen MR) is 195 cm³/mol. The summed E-state index contributed by atoms with van der Waals surface area (Å²) in [5.41, 5.74) is 19.6. The molecule has 0 radical (unpaired) electrons. The highest BCUT2D eigenvalue weighted by molar-refractivity contribution is 6.01. The molecular formula is C40H54N6O2. The summed E-state index contributed by atoms with van der Waals surface area (Å²) in [6.07, 6.45) is 10.4. The zero-order valence-electron chi connectivity index (χ0n) is 28.6. The molecule has 3 aliphatic rings. The summed E-state index contributed by atoms with van der Waals surface area (Å²) in [6.45, 7) is 12.0. The number of hydrogen-bond donors (Lipinski definition) is 5. The van der Waals surface area contributed by atoms with Gasteiger partial charge in [-0.15, -0.1) is 0 Å². The van der Waals surface area contributed by atoms with Crippen molar-refractivity contribution in [3.63, 3.8) is 0 Å². The van der Waals surface area contributed by atoms with Gasteiger partial charge >= 0.3 is 0 Å². The molecule has 1 heterocycles. The van der Waals surface area contributed by atoms with Gasteiger partial charge in [0, 0.05) is 42.9 Å². The minimum absolute atomic E-state index is 0.0620. The van der Waals surface area contributed by atoms with Crippen molar-refractivity contribution in [1.82, 2.24) is 15.5 Å². The standard InChI is InChI=1S/C40H54N6O2/c1-27(14-15-30-10-6-4-7-11-30)22-33(17-16-31-12-8-5-9-13-31)36(41)26-48-29(3)23-28(2)44-37-24-32-20-21-46(40(42)43)25-35(32)38(39(37)47)45-34-18-19-34/h4-13,26,29,32-34,37,44-45H,1-2,14-25,41H2,3H3,(H3,42,43)/b36-26-. The lowest BCUT2D eigenvalue weighted by atomic mass is 9.77. The smallest absolute Gasteiger partial charge is 0.200 e. The largest absolute Gasteiger partial charge is 0.496 e. The Labute approximate surface area is 286 Å². The number of allylic oxidation sites excluding steroid dienone is 2. The summed E-state index contributed by atoms with van der Waals surface area (Å²) < 4.78 is 6.17. The summed E-state index contributed by atoms with van der Waals surface area (Å²) in [5, 5.41) is 14.9. The summed E-state index contributed by atoms with van der Waals surface area (Å²) in [5.74, 6) is 0.532. The van der Waals surface area contributed by atoms with E-state index in [1.165, 1.54) is 16.7 Å². The molecule has 5 rings (SSSR count). The molecule has 4 unspecified atom stereocenters. The SMILES string of the molecule is C=C(CCc1ccccc1)CC(CCc1ccccc1)/C(N)=C/OC(C)CC(=C)NC1CC2CCN(C(=N)N)CC2=C(NC2CC2)C1=O. The average molecular weight is 651 g/mol. The van der Waals surface area contributed by atoms with Crippen molar-refractivity contribution in [1.29, 1.82) is 5.41 Å². The zero-order chi connectivity index (χ0) is 34.0. The number of hydrogen-bond acceptors (Lipinski definition) is 6. The van der Waals surface area contributed by atoms with E-state index in [-0.39, 0.29) is 35.7 Å². The zero-order valence-corrected chi connectivity index (χ0v) is 28.6. The lowest BCUT2D eigenvalue weighted by Crippen LogP contribution is -2.51. The van der Waals surface area contributed by atoms with Gasteiger partial charge in [0.2, 0.25) is 5.78 Å². The van der Waals surface area contributed by atoms with E-state index in [1.54, 1.807) is 6.26 Å². The number of nitrogens with two attached hydrogens (primary N) is 2. The average Bonchev–Trinajstić information content (AvgIpc) is 3.91. The van der Waals surface area contributed by atoms with Crippen molar-refractivity contribution >= 4 is 11.7 Å². The lowest BCUT2D eigenvalue weighted by molar-refractivity contribution is -0.119. The first-order chi connectivity index (χ1) is 23.2. The number of piperidine rings is 1. The summed E-state index contributed by atoms with van der Waals surface area (Å²) in [6, 6.07) is 21.0. The van der Waals surface area contributed by atoms with Gasteiger partial charge in [0.15, 0.2) is 5.96 Å². The van der Waals surface area contributed by atoms with E-state index in [0.717, 1.165) is 80.6 Å². The van der Waals surface area contributed by atoms with Crippen LogP contribution >= 0.6 is 0 Å². The Morgan fingerprint density at radius 3 is 2.33 bits per heavy atom. The fourth-order valence-electron chi connectivity index (χ4n) is 6.87. The van der Waals surface area contributed by atoms with Gasteiger partial charge in [-0.2, -0.15) is 0 Å². The molecule has 4 atom stereocenters. The van der Waals surface area contributed by atoms with Crippen molar-refractivity contribution in [2.24, 2.45) is 23.3 Å². The Balaban J connectivity index is 1.16. The van der Waals surface area contributed by atoms with Crippen molar-refractivity contribution in [3.8, 4) is 0 Å². The van der Waals surface area contributed by atoms with Gasteiger partial charge in [0.05, 0.1) is 11.7 Å². The molecule has 0 amide bonds. The van der Waals surface area contributed by atoms with Crippen LogP contribution in [0.2, 0.25) is 0 Å². The number of ketones is 1. The van der Waals surface area contributed by atoms with Crippen LogP contribution in [0.4, 0.5) is 0 Å². The van der Waals surface area contributed by atoms with Gasteiger partial charge in [-0.05, 0) is 87.3 Å². The van der Waals surface area contributed by atoms with Crippen molar-refractivity contribution in [2.75, 3.05) is 13.1 Å². The normalized spacial score (nSPS) is 20.8. The molecule has 0 spiro atoms. The van der Waals surface area contributed by atoms with Crippen LogP contribution in [-0.4, -0.2) is 47.9 Å². The number of carbonyl (C=O) groups is 1. The van der Waals surface area contributed by atoms with Crippen LogP contribution in [0, 0.1) is 17.2 Å². The van der Waals surface area contributed by atoms with Crippen LogP contribution in [0.3, 0.4) is 0 Å². The summed E-state index contributed by atoms with van der Waals surface area (Å²) >= 11 is 0. The van der Waals surface area contributed by atoms with Gasteiger partial charge < -0.3 is 31.7 Å². The number of ether oxygens (including phenoxy) is 1. The van der Waals surface area contributed by atoms with Gasteiger partial charge in [0.1, 0.15) is 12.4 Å². The topological polar surface area (TPSA) is 129 Å². The van der Waals surface area contributed by atoms with Crippen LogP contribution in [0.5, 0.6) is 0 Å². The van der Waals surface area contributed by atoms with Crippen LogP contribution in [0.1, 0.15) is 69.4 Å². The first-order valence-corrected chi connectivity index (χ1v) is 17.6. The monoisotopic (exact) mass is 650 g/mol. The Kier molecular flexibility index (Phi) is 12.0. The molecule has 2 fully saturated rings. The highest BCUT2D eigenvalue weighted by atomic mass is 16.5. The maximum Gasteiger partial charge on any atom is 0.200 e. The molecule has 2 aromatic carbocycles. The van der Waals surface area contributed by atoms with Gasteiger partial charge in [-0.1, -0.05) is 79.4 Å². The number of guanidine groups is 1. The second kappa shape index (κ2) is 16.6. The Bertz CT molecular complexity index is 1500. The van der Waals surface area contributed by atoms with E-state index in [1.807, 2.05) is 24.0 Å². The van der Waals surface area contributed by atoms with Gasteiger partial charge in [-0.3, -0.25) is 10.2 Å². The number of nitrogens with one attached hydrogen (secondary N) is 3. The van der Waals surface area contributed by atoms with E-state index in [2.05, 4.69) is 72.3 Å². The third-order valence-electron chi connectivity index (χ3n) is 9.86. The predicted octanol–water partition coefficient (Wildman–Crippen LogP) is 6.08. The molecule has 1 saturated carbocycles. The molecule has 1 aliphatic heterocycles. The second-order valence-corrected chi connectivity index (χ2v) is 13.9. The van der Waals surface area contributed by atoms with Crippen molar-refractivity contribution in [2.45, 2.75) is 89.3 Å². The van der Waals surface area contributed by atoms with Gasteiger partial charge in [0.25, 0.3) is 0 Å². The molecule has 8 heteroatoms. The molecule has 0 bridgehead atoms. The first-order valence-electron chi connectivity index (χ1n) is 17.6. The Hall–Kier alpha value is -4.46. The van der Waals surface area contributed by atoms with Gasteiger partial charge in [-0.25, -0.2) is 0 Å². The number of nitrogens with zero attached hydrogens (tertiary/aromatic N) is 1. The molecular weight excluding hydrogens is 596 g/mol. The summed E-state index contributed by atoms with van der Waals surface area (Å²) in [7, 11) is 0. The fraction of sp³-hybridized carbons (Fsp3) is 0.450. The third kappa shape index (κ3) is 10.0. The Morgan fingerprint density at radius 1 is 1.02 bits per heavy atom. The molecule has 256 valence electrons. The van der Waals surface area contributed by atoms with E-state index in [0.29, 0.717) is 25.4 Å². The molecule has 1 saturated heterocycles. The molecule has 48 heavy (non-hydrogen) atoms. The first kappa shape index (κ1) is 34.9. The van der Waals surface area contributed by atoms with Crippen LogP contribution in [-0.2, 0) is 22.4 Å². The van der Waals surface area contributed by atoms with E-state index < -0.39 is 0 Å². The van der Waals surface area contributed by atoms with Crippen LogP contribution in [0.25, 0.3) is 0 Å². The fourth-order valence-corrected chi connectivity index (χ4v) is 6.87. The number of benzene rings is 2. The Morgan fingerprint density at radius 2 is 1.69 bits per heavy atom. The molecule has 7 N–H and O–H groups in total. The highest BCUT2D eigenvalue weighted by Crippen LogP contribution is 2.36. The number of aryl methyl sites for hydroxylation is 2. The quantitative estimate of drug-likeness (QED) is 0.0608. The molecule has 2 aliphatic carbocycles. The highest BCUT2D eigenvalue weighted by Gasteiger charge is 2.40. The minimum atomic E-state index is -0.339.